The maximum Gasteiger partial charge on any atom is 0.226 e. The van der Waals surface area contributed by atoms with Crippen LogP contribution >= 0.6 is 0 Å². The van der Waals surface area contributed by atoms with Crippen LogP contribution in [0.3, 0.4) is 0 Å². The lowest BCUT2D eigenvalue weighted by Crippen LogP contribution is -2.33. The first-order valence-electron chi connectivity index (χ1n) is 8.64. The van der Waals surface area contributed by atoms with Crippen LogP contribution < -0.4 is 5.73 Å². The molecular formula is C20H20F2N2O. The Morgan fingerprint density at radius 3 is 2.56 bits per heavy atom. The van der Waals surface area contributed by atoms with E-state index in [2.05, 4.69) is 0 Å². The van der Waals surface area contributed by atoms with Crippen molar-refractivity contribution in [3.63, 3.8) is 0 Å². The van der Waals surface area contributed by atoms with Gasteiger partial charge in [0.1, 0.15) is 11.6 Å². The van der Waals surface area contributed by atoms with E-state index in [1.165, 1.54) is 12.1 Å². The van der Waals surface area contributed by atoms with Gasteiger partial charge in [-0.2, -0.15) is 0 Å². The molecular weight excluding hydrogens is 322 g/mol. The molecule has 25 heavy (non-hydrogen) atoms. The molecule has 0 spiro atoms. The van der Waals surface area contributed by atoms with E-state index in [0.717, 1.165) is 6.42 Å². The number of rotatable bonds is 3. The van der Waals surface area contributed by atoms with Gasteiger partial charge in [0.05, 0.1) is 0 Å². The minimum absolute atomic E-state index is 0.0456. The van der Waals surface area contributed by atoms with Gasteiger partial charge in [0.2, 0.25) is 5.91 Å². The van der Waals surface area contributed by atoms with Gasteiger partial charge in [0.25, 0.3) is 0 Å². The molecule has 0 radical (unpaired) electrons. The lowest BCUT2D eigenvalue weighted by Gasteiger charge is -2.16. The van der Waals surface area contributed by atoms with Crippen molar-refractivity contribution in [3.05, 3.63) is 59.7 Å². The number of carbonyl (C=O) groups is 1. The Bertz CT molecular complexity index is 823. The highest BCUT2D eigenvalue weighted by atomic mass is 19.1. The van der Waals surface area contributed by atoms with E-state index in [4.69, 9.17) is 5.73 Å². The van der Waals surface area contributed by atoms with Gasteiger partial charge in [-0.05, 0) is 36.5 Å². The van der Waals surface area contributed by atoms with E-state index < -0.39 is 11.6 Å². The Labute approximate surface area is 145 Å². The zero-order chi connectivity index (χ0) is 17.6. The summed E-state index contributed by atoms with van der Waals surface area (Å²) in [7, 11) is 0. The summed E-state index contributed by atoms with van der Waals surface area (Å²) in [6.45, 7) is 1.28. The molecule has 2 aromatic rings. The molecule has 4 rings (SSSR count). The molecule has 2 aliphatic rings. The number of amides is 1. The van der Waals surface area contributed by atoms with Gasteiger partial charge in [0, 0.05) is 36.2 Å². The highest BCUT2D eigenvalue weighted by molar-refractivity contribution is 5.84. The molecule has 3 unspecified atom stereocenters. The van der Waals surface area contributed by atoms with E-state index in [-0.39, 0.29) is 34.9 Å². The molecule has 1 saturated heterocycles. The fraction of sp³-hybridized carbons (Fsp3) is 0.350. The molecule has 1 heterocycles. The highest BCUT2D eigenvalue weighted by Crippen LogP contribution is 2.52. The zero-order valence-electron chi connectivity index (χ0n) is 13.8. The van der Waals surface area contributed by atoms with Crippen molar-refractivity contribution in [1.82, 2.24) is 4.90 Å². The topological polar surface area (TPSA) is 46.3 Å². The van der Waals surface area contributed by atoms with Crippen LogP contribution in [-0.4, -0.2) is 29.9 Å². The van der Waals surface area contributed by atoms with Crippen molar-refractivity contribution in [2.24, 2.45) is 11.7 Å². The van der Waals surface area contributed by atoms with Crippen LogP contribution in [0.1, 0.15) is 24.3 Å². The van der Waals surface area contributed by atoms with Gasteiger partial charge in [-0.3, -0.25) is 4.79 Å². The molecule has 0 aromatic heterocycles. The van der Waals surface area contributed by atoms with Crippen LogP contribution in [0.15, 0.2) is 42.5 Å². The van der Waals surface area contributed by atoms with Gasteiger partial charge < -0.3 is 10.6 Å². The Hall–Kier alpha value is -2.27. The number of hydrogen-bond acceptors (Lipinski definition) is 2. The maximum absolute atomic E-state index is 14.5. The molecule has 3 nitrogen and oxygen atoms in total. The van der Waals surface area contributed by atoms with Crippen LogP contribution in [0.25, 0.3) is 11.1 Å². The monoisotopic (exact) mass is 342 g/mol. The summed E-state index contributed by atoms with van der Waals surface area (Å²) in [5, 5.41) is 0. The summed E-state index contributed by atoms with van der Waals surface area (Å²) in [6, 6.07) is 11.0. The lowest BCUT2D eigenvalue weighted by molar-refractivity contribution is -0.131. The summed E-state index contributed by atoms with van der Waals surface area (Å²) in [5.41, 5.74) is 7.12. The van der Waals surface area contributed by atoms with Crippen LogP contribution in [0.2, 0.25) is 0 Å². The van der Waals surface area contributed by atoms with Gasteiger partial charge in [-0.1, -0.05) is 30.3 Å². The van der Waals surface area contributed by atoms with Gasteiger partial charge in [0.15, 0.2) is 0 Å². The quantitative estimate of drug-likeness (QED) is 0.930. The third-order valence-electron chi connectivity index (χ3n) is 5.23. The van der Waals surface area contributed by atoms with Gasteiger partial charge in [-0.15, -0.1) is 0 Å². The molecule has 3 atom stereocenters. The zero-order valence-corrected chi connectivity index (χ0v) is 13.8. The predicted octanol–water partition coefficient (Wildman–Crippen LogP) is 3.29. The average molecular weight is 342 g/mol. The SMILES string of the molecule is NC1CCN(C(=O)C2CC2c2cccc(F)c2-c2ccccc2F)C1. The largest absolute Gasteiger partial charge is 0.341 e. The normalized spacial score (nSPS) is 25.2. The Morgan fingerprint density at radius 2 is 1.84 bits per heavy atom. The molecule has 130 valence electrons. The summed E-state index contributed by atoms with van der Waals surface area (Å²) in [6.07, 6.45) is 1.50. The first-order valence-corrected chi connectivity index (χ1v) is 8.64. The maximum atomic E-state index is 14.5. The van der Waals surface area contributed by atoms with Crippen LogP contribution in [-0.2, 0) is 4.79 Å². The standard InChI is InChI=1S/C20H20F2N2O/c21-17-6-2-1-4-14(17)19-13(5-3-7-18(19)22)15-10-16(15)20(25)24-9-8-12(23)11-24/h1-7,12,15-16H,8-11,23H2. The number of hydrogen-bond donors (Lipinski definition) is 1. The first-order chi connectivity index (χ1) is 12.1. The third-order valence-corrected chi connectivity index (χ3v) is 5.23. The van der Waals surface area contributed by atoms with E-state index in [9.17, 15) is 13.6 Å². The summed E-state index contributed by atoms with van der Waals surface area (Å²) in [5.74, 6) is -1.04. The second kappa shape index (κ2) is 6.23. The van der Waals surface area contributed by atoms with Crippen LogP contribution in [0, 0.1) is 17.6 Å². The van der Waals surface area contributed by atoms with Crippen LogP contribution in [0.5, 0.6) is 0 Å². The first kappa shape index (κ1) is 16.2. The highest BCUT2D eigenvalue weighted by Gasteiger charge is 2.47. The smallest absolute Gasteiger partial charge is 0.226 e. The molecule has 1 aliphatic carbocycles. The Balaban J connectivity index is 1.64. The minimum atomic E-state index is -0.456. The Kier molecular flexibility index (Phi) is 4.04. The number of halogens is 2. The molecule has 0 bridgehead atoms. The van der Waals surface area contributed by atoms with Crippen LogP contribution in [0.4, 0.5) is 8.78 Å². The van der Waals surface area contributed by atoms with E-state index in [1.54, 1.807) is 35.2 Å². The van der Waals surface area contributed by atoms with Crippen molar-refractivity contribution in [2.45, 2.75) is 24.8 Å². The Morgan fingerprint density at radius 1 is 1.08 bits per heavy atom. The summed E-state index contributed by atoms with van der Waals surface area (Å²) < 4.78 is 28.7. The molecule has 2 fully saturated rings. The molecule has 1 aliphatic heterocycles. The summed E-state index contributed by atoms with van der Waals surface area (Å²) >= 11 is 0. The lowest BCUT2D eigenvalue weighted by atomic mass is 9.95. The molecule has 5 heteroatoms. The number of likely N-dealkylation sites (tertiary alicyclic amines) is 1. The van der Waals surface area contributed by atoms with Crippen molar-refractivity contribution in [2.75, 3.05) is 13.1 Å². The molecule has 1 amide bonds. The third kappa shape index (κ3) is 2.93. The van der Waals surface area contributed by atoms with E-state index in [1.807, 2.05) is 0 Å². The van der Waals surface area contributed by atoms with Crippen molar-refractivity contribution in [1.29, 1.82) is 0 Å². The number of nitrogens with two attached hydrogens (primary N) is 1. The number of carbonyl (C=O) groups excluding carboxylic acids is 1. The number of benzene rings is 2. The summed E-state index contributed by atoms with van der Waals surface area (Å²) in [4.78, 5) is 14.4. The van der Waals surface area contributed by atoms with E-state index >= 15 is 0 Å². The second-order valence-electron chi connectivity index (χ2n) is 6.97. The molecule has 2 N–H and O–H groups in total. The van der Waals surface area contributed by atoms with Crippen molar-refractivity contribution in [3.8, 4) is 11.1 Å². The average Bonchev–Trinajstić information content (AvgIpc) is 3.28. The van der Waals surface area contributed by atoms with Crippen molar-refractivity contribution < 1.29 is 13.6 Å². The van der Waals surface area contributed by atoms with Gasteiger partial charge >= 0.3 is 0 Å². The fourth-order valence-electron chi connectivity index (χ4n) is 3.83. The second-order valence-corrected chi connectivity index (χ2v) is 6.97. The fourth-order valence-corrected chi connectivity index (χ4v) is 3.83. The number of nitrogens with zero attached hydrogens (tertiary/aromatic N) is 1. The van der Waals surface area contributed by atoms with Crippen molar-refractivity contribution >= 4 is 5.91 Å². The predicted molar refractivity (Wildman–Crippen MR) is 91.8 cm³/mol. The minimum Gasteiger partial charge on any atom is -0.341 e. The van der Waals surface area contributed by atoms with Gasteiger partial charge in [-0.25, -0.2) is 8.78 Å². The molecule has 2 aromatic carbocycles. The van der Waals surface area contributed by atoms with E-state index in [0.29, 0.717) is 25.1 Å². The molecule has 1 saturated carbocycles.